The highest BCUT2D eigenvalue weighted by molar-refractivity contribution is 5.81. The van der Waals surface area contributed by atoms with E-state index in [9.17, 15) is 13.6 Å². The summed E-state index contributed by atoms with van der Waals surface area (Å²) in [7, 11) is 1.69. The summed E-state index contributed by atoms with van der Waals surface area (Å²) in [6, 6.07) is 10.3. The number of hydrogen-bond donors (Lipinski definition) is 1. The number of carbonyl (C=O) groups excluding carboxylic acids is 1. The molecule has 2 rings (SSSR count). The highest BCUT2D eigenvalue weighted by Gasteiger charge is 2.17. The lowest BCUT2D eigenvalue weighted by Gasteiger charge is -2.26. The molecule has 0 heterocycles. The Hall–Kier alpha value is -2.43. The molecule has 0 spiro atoms. The van der Waals surface area contributed by atoms with Crippen molar-refractivity contribution in [2.45, 2.75) is 19.9 Å². The van der Waals surface area contributed by atoms with Gasteiger partial charge in [-0.15, -0.1) is 0 Å². The summed E-state index contributed by atoms with van der Waals surface area (Å²) in [6.07, 6.45) is 0. The summed E-state index contributed by atoms with van der Waals surface area (Å²) < 4.78 is 26.2. The summed E-state index contributed by atoms with van der Waals surface area (Å²) in [5.41, 5.74) is 2.32. The maximum Gasteiger partial charge on any atom is 0.242 e. The van der Waals surface area contributed by atoms with Gasteiger partial charge in [0.2, 0.25) is 5.91 Å². The fraction of sp³-hybridized carbons (Fsp3) is 0.278. The molecule has 3 nitrogen and oxygen atoms in total. The van der Waals surface area contributed by atoms with Crippen LogP contribution in [-0.2, 0) is 4.79 Å². The molecule has 2 aromatic rings. The number of carbonyl (C=O) groups is 1. The molecule has 0 saturated heterocycles. The minimum absolute atomic E-state index is 0.0618. The number of anilines is 1. The molecule has 0 bridgehead atoms. The normalized spacial score (nSPS) is 11.9. The van der Waals surface area contributed by atoms with E-state index in [0.29, 0.717) is 5.69 Å². The van der Waals surface area contributed by atoms with E-state index < -0.39 is 0 Å². The van der Waals surface area contributed by atoms with Gasteiger partial charge in [-0.05, 0) is 49.2 Å². The fourth-order valence-electron chi connectivity index (χ4n) is 2.26. The second-order valence-corrected chi connectivity index (χ2v) is 5.54. The van der Waals surface area contributed by atoms with Crippen LogP contribution in [0.15, 0.2) is 42.5 Å². The molecule has 1 N–H and O–H groups in total. The molecule has 0 fully saturated rings. The molecule has 1 atom stereocenters. The van der Waals surface area contributed by atoms with E-state index in [1.807, 2.05) is 13.8 Å². The van der Waals surface area contributed by atoms with Crippen LogP contribution in [0.25, 0.3) is 0 Å². The van der Waals surface area contributed by atoms with Crippen LogP contribution in [0.5, 0.6) is 0 Å². The summed E-state index contributed by atoms with van der Waals surface area (Å²) in [4.78, 5) is 13.9. The van der Waals surface area contributed by atoms with Crippen molar-refractivity contribution in [1.82, 2.24) is 4.90 Å². The van der Waals surface area contributed by atoms with Gasteiger partial charge in [-0.2, -0.15) is 0 Å². The highest BCUT2D eigenvalue weighted by atomic mass is 19.1. The zero-order chi connectivity index (χ0) is 17.0. The van der Waals surface area contributed by atoms with Crippen molar-refractivity contribution in [3.8, 4) is 0 Å². The molecule has 0 radical (unpaired) electrons. The summed E-state index contributed by atoms with van der Waals surface area (Å²) >= 11 is 0. The van der Waals surface area contributed by atoms with Gasteiger partial charge in [-0.3, -0.25) is 4.79 Å². The van der Waals surface area contributed by atoms with Crippen molar-refractivity contribution in [2.24, 2.45) is 0 Å². The maximum absolute atomic E-state index is 13.2. The van der Waals surface area contributed by atoms with Crippen LogP contribution >= 0.6 is 0 Å². The summed E-state index contributed by atoms with van der Waals surface area (Å²) in [6.45, 7) is 3.78. The van der Waals surface area contributed by atoms with Crippen LogP contribution in [-0.4, -0.2) is 24.4 Å². The van der Waals surface area contributed by atoms with E-state index in [2.05, 4.69) is 5.32 Å². The SMILES string of the molecule is Cc1ccc(F)cc1NCC(=O)N(C)C(C)c1ccc(F)cc1. The van der Waals surface area contributed by atoms with Crippen LogP contribution in [0.4, 0.5) is 14.5 Å². The Morgan fingerprint density at radius 3 is 2.39 bits per heavy atom. The number of amides is 1. The monoisotopic (exact) mass is 318 g/mol. The Bertz CT molecular complexity index is 686. The van der Waals surface area contributed by atoms with Gasteiger partial charge in [0.25, 0.3) is 0 Å². The van der Waals surface area contributed by atoms with Crippen molar-refractivity contribution in [2.75, 3.05) is 18.9 Å². The van der Waals surface area contributed by atoms with E-state index in [1.54, 1.807) is 30.1 Å². The largest absolute Gasteiger partial charge is 0.376 e. The zero-order valence-electron chi connectivity index (χ0n) is 13.4. The third-order valence-corrected chi connectivity index (χ3v) is 3.96. The molecule has 1 amide bonds. The van der Waals surface area contributed by atoms with E-state index in [4.69, 9.17) is 0 Å². The van der Waals surface area contributed by atoms with Crippen molar-refractivity contribution in [3.05, 3.63) is 65.2 Å². The third-order valence-electron chi connectivity index (χ3n) is 3.96. The van der Waals surface area contributed by atoms with Gasteiger partial charge < -0.3 is 10.2 Å². The third kappa shape index (κ3) is 4.28. The lowest BCUT2D eigenvalue weighted by Crippen LogP contribution is -2.34. The Labute approximate surface area is 134 Å². The van der Waals surface area contributed by atoms with Crippen LogP contribution in [0.2, 0.25) is 0 Å². The molecule has 0 aliphatic rings. The zero-order valence-corrected chi connectivity index (χ0v) is 13.4. The maximum atomic E-state index is 13.2. The lowest BCUT2D eigenvalue weighted by atomic mass is 10.1. The van der Waals surface area contributed by atoms with Crippen molar-refractivity contribution in [1.29, 1.82) is 0 Å². The number of halogens is 2. The first-order chi connectivity index (χ1) is 10.9. The van der Waals surface area contributed by atoms with Gasteiger partial charge in [0.1, 0.15) is 11.6 Å². The minimum Gasteiger partial charge on any atom is -0.376 e. The van der Waals surface area contributed by atoms with Gasteiger partial charge in [0.15, 0.2) is 0 Å². The molecule has 0 aliphatic carbocycles. The van der Waals surface area contributed by atoms with Gasteiger partial charge >= 0.3 is 0 Å². The Balaban J connectivity index is 1.99. The van der Waals surface area contributed by atoms with Crippen molar-refractivity contribution in [3.63, 3.8) is 0 Å². The van der Waals surface area contributed by atoms with Crippen LogP contribution in [0, 0.1) is 18.6 Å². The quantitative estimate of drug-likeness (QED) is 0.906. The lowest BCUT2D eigenvalue weighted by molar-refractivity contribution is -0.129. The van der Waals surface area contributed by atoms with Gasteiger partial charge in [0.05, 0.1) is 12.6 Å². The second kappa shape index (κ2) is 7.22. The molecule has 2 aromatic carbocycles. The number of rotatable bonds is 5. The molecule has 1 unspecified atom stereocenters. The number of hydrogen-bond acceptors (Lipinski definition) is 2. The first-order valence-electron chi connectivity index (χ1n) is 7.39. The van der Waals surface area contributed by atoms with E-state index in [-0.39, 0.29) is 30.1 Å². The van der Waals surface area contributed by atoms with E-state index in [1.165, 1.54) is 24.3 Å². The molecule has 122 valence electrons. The number of likely N-dealkylation sites (N-methyl/N-ethyl adjacent to an activating group) is 1. The fourth-order valence-corrected chi connectivity index (χ4v) is 2.26. The number of aryl methyl sites for hydroxylation is 1. The summed E-state index contributed by atoms with van der Waals surface area (Å²) in [5, 5.41) is 2.96. The molecule has 5 heteroatoms. The average Bonchev–Trinajstić information content (AvgIpc) is 2.54. The average molecular weight is 318 g/mol. The smallest absolute Gasteiger partial charge is 0.242 e. The number of nitrogens with zero attached hydrogens (tertiary/aromatic N) is 1. The predicted octanol–water partition coefficient (Wildman–Crippen LogP) is 3.90. The van der Waals surface area contributed by atoms with Crippen molar-refractivity contribution < 1.29 is 13.6 Å². The van der Waals surface area contributed by atoms with Crippen molar-refractivity contribution >= 4 is 11.6 Å². The van der Waals surface area contributed by atoms with Gasteiger partial charge in [-0.25, -0.2) is 8.78 Å². The molecule has 23 heavy (non-hydrogen) atoms. The van der Waals surface area contributed by atoms with Crippen LogP contribution < -0.4 is 5.32 Å². The van der Waals surface area contributed by atoms with Crippen LogP contribution in [0.3, 0.4) is 0 Å². The number of benzene rings is 2. The molecular formula is C18H20F2N2O. The molecular weight excluding hydrogens is 298 g/mol. The first kappa shape index (κ1) is 16.9. The second-order valence-electron chi connectivity index (χ2n) is 5.54. The topological polar surface area (TPSA) is 32.3 Å². The molecule has 0 aromatic heterocycles. The minimum atomic E-state index is -0.349. The first-order valence-corrected chi connectivity index (χ1v) is 7.39. The highest BCUT2D eigenvalue weighted by Crippen LogP contribution is 2.20. The predicted molar refractivity (Wildman–Crippen MR) is 87.2 cm³/mol. The molecule has 0 aliphatic heterocycles. The van der Waals surface area contributed by atoms with Gasteiger partial charge in [0, 0.05) is 12.7 Å². The Morgan fingerprint density at radius 2 is 1.74 bits per heavy atom. The Kier molecular flexibility index (Phi) is 5.32. The van der Waals surface area contributed by atoms with E-state index >= 15 is 0 Å². The summed E-state index contributed by atoms with van der Waals surface area (Å²) in [5.74, 6) is -0.790. The number of nitrogens with one attached hydrogen (secondary N) is 1. The standard InChI is InChI=1S/C18H20F2N2O/c1-12-4-7-16(20)10-17(12)21-11-18(23)22(3)13(2)14-5-8-15(19)9-6-14/h4-10,13,21H,11H2,1-3H3. The van der Waals surface area contributed by atoms with Crippen LogP contribution in [0.1, 0.15) is 24.1 Å². The Morgan fingerprint density at radius 1 is 1.13 bits per heavy atom. The van der Waals surface area contributed by atoms with E-state index in [0.717, 1.165) is 11.1 Å². The van der Waals surface area contributed by atoms with Gasteiger partial charge in [-0.1, -0.05) is 18.2 Å². The molecule has 0 saturated carbocycles.